The Morgan fingerprint density at radius 3 is 2.85 bits per heavy atom. The van der Waals surface area contributed by atoms with Crippen molar-refractivity contribution in [2.45, 2.75) is 19.9 Å². The standard InChI is InChI=1S/C26H24FN11O2/c1-4-21(39)37-10-9-36(12-15(37)2)25-28-11-18-23(35-25)24(30-13-29-18)33-17-5-6-19(16(3)22(17)27)40-20-7-8-38-26(34-20)31-14-32-38/h4-8,11,13-15H,1,9-10,12H2,2-3H3,(H,29,30,33)/t15-/m1/s1. The third-order valence-electron chi connectivity index (χ3n) is 6.66. The van der Waals surface area contributed by atoms with Crippen molar-refractivity contribution in [1.82, 2.24) is 44.4 Å². The van der Waals surface area contributed by atoms with Crippen LogP contribution in [0.5, 0.6) is 11.6 Å². The molecule has 1 atom stereocenters. The number of amides is 1. The average molecular weight is 542 g/mol. The van der Waals surface area contributed by atoms with Crippen LogP contribution >= 0.6 is 0 Å². The Morgan fingerprint density at radius 2 is 2.02 bits per heavy atom. The molecular weight excluding hydrogens is 517 g/mol. The first-order valence-corrected chi connectivity index (χ1v) is 12.5. The van der Waals surface area contributed by atoms with E-state index in [0.717, 1.165) is 0 Å². The Bertz CT molecular complexity index is 1760. The van der Waals surface area contributed by atoms with Crippen LogP contribution < -0.4 is 15.0 Å². The molecule has 5 heterocycles. The van der Waals surface area contributed by atoms with Crippen molar-refractivity contribution < 1.29 is 13.9 Å². The third kappa shape index (κ3) is 4.59. The molecule has 1 aromatic carbocycles. The quantitative estimate of drug-likeness (QED) is 0.317. The molecular formula is C26H24FN11O2. The van der Waals surface area contributed by atoms with E-state index in [1.807, 2.05) is 11.8 Å². The molecule has 0 radical (unpaired) electrons. The molecule has 0 aliphatic carbocycles. The van der Waals surface area contributed by atoms with Gasteiger partial charge in [0.25, 0.3) is 5.78 Å². The topological polar surface area (TPSA) is 139 Å². The molecule has 6 rings (SSSR count). The SMILES string of the molecule is C=CC(=O)N1CCN(c2ncc3ncnc(Nc4ccc(Oc5ccn6ncnc6n5)c(C)c4F)c3n2)C[C@H]1C. The number of nitrogens with zero attached hydrogens (tertiary/aromatic N) is 10. The lowest BCUT2D eigenvalue weighted by atomic mass is 10.2. The maximum atomic E-state index is 15.5. The van der Waals surface area contributed by atoms with Crippen molar-refractivity contribution >= 4 is 40.2 Å². The number of nitrogens with one attached hydrogen (secondary N) is 1. The Balaban J connectivity index is 1.25. The summed E-state index contributed by atoms with van der Waals surface area (Å²) in [6, 6.07) is 4.77. The van der Waals surface area contributed by atoms with Crippen LogP contribution in [0.1, 0.15) is 12.5 Å². The van der Waals surface area contributed by atoms with Gasteiger partial charge in [0.15, 0.2) is 11.6 Å². The number of benzene rings is 1. The van der Waals surface area contributed by atoms with Gasteiger partial charge in [-0.25, -0.2) is 28.8 Å². The lowest BCUT2D eigenvalue weighted by Gasteiger charge is -2.39. The summed E-state index contributed by atoms with van der Waals surface area (Å²) in [5, 5.41) is 7.04. The van der Waals surface area contributed by atoms with E-state index in [4.69, 9.17) is 9.72 Å². The largest absolute Gasteiger partial charge is 0.438 e. The fourth-order valence-corrected chi connectivity index (χ4v) is 4.54. The zero-order chi connectivity index (χ0) is 27.8. The number of rotatable bonds is 6. The summed E-state index contributed by atoms with van der Waals surface area (Å²) in [5.74, 6) is 1.12. The molecule has 13 nitrogen and oxygen atoms in total. The number of anilines is 3. The van der Waals surface area contributed by atoms with Crippen LogP contribution in [-0.4, -0.2) is 76.0 Å². The first-order valence-electron chi connectivity index (χ1n) is 12.5. The fourth-order valence-electron chi connectivity index (χ4n) is 4.54. The number of carbonyl (C=O) groups is 1. The van der Waals surface area contributed by atoms with Gasteiger partial charge in [0, 0.05) is 43.5 Å². The highest BCUT2D eigenvalue weighted by Crippen LogP contribution is 2.32. The van der Waals surface area contributed by atoms with Crippen molar-refractivity contribution in [3.63, 3.8) is 0 Å². The number of aromatic nitrogens is 8. The number of fused-ring (bicyclic) bond motifs is 2. The van der Waals surface area contributed by atoms with Gasteiger partial charge in [0.1, 0.15) is 29.4 Å². The smallest absolute Gasteiger partial charge is 0.255 e. The molecule has 1 aliphatic heterocycles. The molecule has 1 saturated heterocycles. The predicted molar refractivity (Wildman–Crippen MR) is 144 cm³/mol. The Morgan fingerprint density at radius 1 is 1.15 bits per heavy atom. The summed E-state index contributed by atoms with van der Waals surface area (Å²) in [4.78, 5) is 41.9. The van der Waals surface area contributed by atoms with Gasteiger partial charge in [0.05, 0.1) is 11.9 Å². The van der Waals surface area contributed by atoms with Gasteiger partial charge >= 0.3 is 0 Å². The third-order valence-corrected chi connectivity index (χ3v) is 6.66. The minimum absolute atomic E-state index is 0.0468. The lowest BCUT2D eigenvalue weighted by Crippen LogP contribution is -2.54. The Kier molecular flexibility index (Phi) is 6.34. The van der Waals surface area contributed by atoms with Crippen LogP contribution in [0.15, 0.2) is 55.9 Å². The number of piperazine rings is 1. The van der Waals surface area contributed by atoms with Crippen molar-refractivity contribution in [2.75, 3.05) is 29.9 Å². The first-order chi connectivity index (χ1) is 19.4. The van der Waals surface area contributed by atoms with Crippen LogP contribution in [0.3, 0.4) is 0 Å². The Labute approximate surface area is 227 Å². The van der Waals surface area contributed by atoms with Gasteiger partial charge < -0.3 is 19.9 Å². The summed E-state index contributed by atoms with van der Waals surface area (Å²) < 4.78 is 22.8. The van der Waals surface area contributed by atoms with Gasteiger partial charge in [-0.3, -0.25) is 4.79 Å². The Hall–Kier alpha value is -5.27. The van der Waals surface area contributed by atoms with Crippen LogP contribution in [-0.2, 0) is 4.79 Å². The van der Waals surface area contributed by atoms with Gasteiger partial charge in [-0.15, -0.1) is 0 Å². The molecule has 1 amide bonds. The summed E-state index contributed by atoms with van der Waals surface area (Å²) in [7, 11) is 0. The summed E-state index contributed by atoms with van der Waals surface area (Å²) in [5.41, 5.74) is 1.41. The second-order valence-corrected chi connectivity index (χ2v) is 9.20. The molecule has 1 fully saturated rings. The van der Waals surface area contributed by atoms with Crippen LogP contribution in [0.4, 0.5) is 21.8 Å². The summed E-state index contributed by atoms with van der Waals surface area (Å²) >= 11 is 0. The highest BCUT2D eigenvalue weighted by Gasteiger charge is 2.27. The molecule has 0 spiro atoms. The molecule has 5 aromatic rings. The van der Waals surface area contributed by atoms with E-state index in [0.29, 0.717) is 54.0 Å². The number of halogens is 1. The molecule has 0 unspecified atom stereocenters. The minimum atomic E-state index is -0.515. The molecule has 0 saturated carbocycles. The lowest BCUT2D eigenvalue weighted by molar-refractivity contribution is -0.128. The van der Waals surface area contributed by atoms with Gasteiger partial charge in [0.2, 0.25) is 17.7 Å². The second kappa shape index (κ2) is 10.1. The maximum Gasteiger partial charge on any atom is 0.255 e. The monoisotopic (exact) mass is 541 g/mol. The number of hydrogen-bond acceptors (Lipinski definition) is 11. The zero-order valence-corrected chi connectivity index (χ0v) is 21.7. The molecule has 0 bridgehead atoms. The molecule has 40 heavy (non-hydrogen) atoms. The van der Waals surface area contributed by atoms with E-state index in [-0.39, 0.29) is 29.1 Å². The molecule has 1 N–H and O–H groups in total. The molecule has 202 valence electrons. The summed E-state index contributed by atoms with van der Waals surface area (Å²) in [6.07, 6.45) is 7.33. The number of ether oxygens (including phenoxy) is 1. The number of carbonyl (C=O) groups excluding carboxylic acids is 1. The van der Waals surface area contributed by atoms with E-state index < -0.39 is 5.82 Å². The van der Waals surface area contributed by atoms with E-state index >= 15 is 4.39 Å². The van der Waals surface area contributed by atoms with E-state index in [1.54, 1.807) is 42.4 Å². The zero-order valence-electron chi connectivity index (χ0n) is 21.7. The van der Waals surface area contributed by atoms with Crippen LogP contribution in [0, 0.1) is 12.7 Å². The molecule has 4 aromatic heterocycles. The van der Waals surface area contributed by atoms with Gasteiger partial charge in [-0.2, -0.15) is 15.1 Å². The average Bonchev–Trinajstić information content (AvgIpc) is 3.44. The van der Waals surface area contributed by atoms with Gasteiger partial charge in [-0.05, 0) is 32.1 Å². The van der Waals surface area contributed by atoms with Crippen molar-refractivity contribution in [1.29, 1.82) is 0 Å². The van der Waals surface area contributed by atoms with E-state index in [9.17, 15) is 4.79 Å². The van der Waals surface area contributed by atoms with E-state index in [2.05, 4.69) is 41.9 Å². The van der Waals surface area contributed by atoms with E-state index in [1.165, 1.54) is 23.2 Å². The van der Waals surface area contributed by atoms with Gasteiger partial charge in [-0.1, -0.05) is 6.58 Å². The minimum Gasteiger partial charge on any atom is -0.438 e. The highest BCUT2D eigenvalue weighted by atomic mass is 19.1. The normalized spacial score (nSPS) is 15.4. The number of hydrogen-bond donors (Lipinski definition) is 1. The predicted octanol–water partition coefficient (Wildman–Crippen LogP) is 3.06. The second-order valence-electron chi connectivity index (χ2n) is 9.20. The van der Waals surface area contributed by atoms with Crippen LogP contribution in [0.25, 0.3) is 16.8 Å². The van der Waals surface area contributed by atoms with Crippen molar-refractivity contribution in [3.8, 4) is 11.6 Å². The van der Waals surface area contributed by atoms with Crippen LogP contribution in [0.2, 0.25) is 0 Å². The first kappa shape index (κ1) is 25.0. The van der Waals surface area contributed by atoms with Crippen molar-refractivity contribution in [3.05, 3.63) is 67.3 Å². The summed E-state index contributed by atoms with van der Waals surface area (Å²) in [6.45, 7) is 8.78. The highest BCUT2D eigenvalue weighted by molar-refractivity contribution is 5.88. The fraction of sp³-hybridized carbons (Fsp3) is 0.231. The maximum absolute atomic E-state index is 15.5. The molecule has 1 aliphatic rings. The van der Waals surface area contributed by atoms with Crippen molar-refractivity contribution in [2.24, 2.45) is 0 Å². The molecule has 14 heteroatoms.